The van der Waals surface area contributed by atoms with Crippen LogP contribution in [-0.2, 0) is 4.79 Å². The number of aromatic nitrogens is 1. The lowest BCUT2D eigenvalue weighted by Crippen LogP contribution is -2.43. The van der Waals surface area contributed by atoms with Crippen LogP contribution in [0.4, 0.5) is 0 Å². The standard InChI is InChI=1S/C31H35N3O5S/c1-7-17-39-24-16-15-21(18-25(24)38-10-4)19-26-29(35)34-28(22-13-11-12-14-23(22)37-6)27(20(5)32-31(34)40-26)30(36)33(8-2)9-3/h7,11-16,18-19,28H,1,8-10,17H2,2-6H3/b26-19+/t28-/m1/s1. The zero-order chi connectivity index (χ0) is 28.8. The molecule has 0 spiro atoms. The molecule has 4 rings (SSSR count). The second kappa shape index (κ2) is 12.8. The molecule has 1 aromatic heterocycles. The summed E-state index contributed by atoms with van der Waals surface area (Å²) >= 11 is 1.29. The first kappa shape index (κ1) is 28.9. The lowest BCUT2D eigenvalue weighted by molar-refractivity contribution is -0.127. The first-order valence-corrected chi connectivity index (χ1v) is 14.1. The van der Waals surface area contributed by atoms with E-state index in [1.807, 2.05) is 76.2 Å². The quantitative estimate of drug-likeness (QED) is 0.330. The molecule has 0 fully saturated rings. The summed E-state index contributed by atoms with van der Waals surface area (Å²) in [5.41, 5.74) is 2.33. The van der Waals surface area contributed by atoms with Crippen molar-refractivity contribution in [3.63, 3.8) is 0 Å². The molecule has 1 amide bonds. The van der Waals surface area contributed by atoms with Crippen LogP contribution in [0, 0.1) is 0 Å². The van der Waals surface area contributed by atoms with Crippen molar-refractivity contribution < 1.29 is 19.0 Å². The van der Waals surface area contributed by atoms with Gasteiger partial charge in [-0.2, -0.15) is 0 Å². The van der Waals surface area contributed by atoms with Crippen molar-refractivity contribution in [2.24, 2.45) is 4.99 Å². The number of carbonyl (C=O) groups excluding carboxylic acids is 1. The van der Waals surface area contributed by atoms with Crippen LogP contribution in [0.2, 0.25) is 0 Å². The number of amides is 1. The Morgan fingerprint density at radius 3 is 2.52 bits per heavy atom. The van der Waals surface area contributed by atoms with Gasteiger partial charge in [-0.1, -0.05) is 48.3 Å². The first-order valence-electron chi connectivity index (χ1n) is 13.3. The Morgan fingerprint density at radius 1 is 1.10 bits per heavy atom. The Kier molecular flexibility index (Phi) is 9.26. The minimum absolute atomic E-state index is 0.145. The number of methoxy groups -OCH3 is 1. The van der Waals surface area contributed by atoms with Gasteiger partial charge in [-0.15, -0.1) is 0 Å². The lowest BCUT2D eigenvalue weighted by Gasteiger charge is -2.29. The van der Waals surface area contributed by atoms with Crippen LogP contribution in [0.3, 0.4) is 0 Å². The van der Waals surface area contributed by atoms with Crippen LogP contribution in [0.15, 0.2) is 76.2 Å². The average Bonchev–Trinajstić information content (AvgIpc) is 3.26. The predicted octanol–water partition coefficient (Wildman–Crippen LogP) is 4.08. The Hall–Kier alpha value is -4.11. The smallest absolute Gasteiger partial charge is 0.271 e. The van der Waals surface area contributed by atoms with Crippen molar-refractivity contribution in [1.82, 2.24) is 9.47 Å². The largest absolute Gasteiger partial charge is 0.496 e. The van der Waals surface area contributed by atoms with Gasteiger partial charge in [-0.05, 0) is 57.5 Å². The second-order valence-electron chi connectivity index (χ2n) is 9.04. The maximum atomic E-state index is 14.0. The normalized spacial score (nSPS) is 14.8. The Bertz CT molecular complexity index is 1610. The summed E-state index contributed by atoms with van der Waals surface area (Å²) in [5.74, 6) is 1.64. The number of carbonyl (C=O) groups is 1. The summed E-state index contributed by atoms with van der Waals surface area (Å²) < 4.78 is 19.3. The number of fused-ring (bicyclic) bond motifs is 1. The highest BCUT2D eigenvalue weighted by Gasteiger charge is 2.35. The molecule has 0 unspecified atom stereocenters. The summed E-state index contributed by atoms with van der Waals surface area (Å²) in [4.78, 5) is 34.8. The summed E-state index contributed by atoms with van der Waals surface area (Å²) in [5, 5.41) is 0. The number of hydrogen-bond donors (Lipinski definition) is 0. The van der Waals surface area contributed by atoms with Crippen molar-refractivity contribution in [2.45, 2.75) is 33.7 Å². The highest BCUT2D eigenvalue weighted by Crippen LogP contribution is 2.36. The number of allylic oxidation sites excluding steroid dienone is 1. The number of hydrogen-bond acceptors (Lipinski definition) is 7. The van der Waals surface area contributed by atoms with Gasteiger partial charge in [0, 0.05) is 18.7 Å². The number of benzene rings is 2. The summed E-state index contributed by atoms with van der Waals surface area (Å²) in [6.45, 7) is 13.2. The zero-order valence-electron chi connectivity index (χ0n) is 23.6. The summed E-state index contributed by atoms with van der Waals surface area (Å²) in [6, 6.07) is 12.3. The molecule has 40 heavy (non-hydrogen) atoms. The molecule has 3 aromatic rings. The molecule has 0 aliphatic carbocycles. The third-order valence-corrected chi connectivity index (χ3v) is 7.64. The molecule has 1 atom stereocenters. The van der Waals surface area contributed by atoms with E-state index in [0.717, 1.165) is 11.1 Å². The molecule has 8 nitrogen and oxygen atoms in total. The molecular weight excluding hydrogens is 526 g/mol. The van der Waals surface area contributed by atoms with E-state index in [0.29, 0.717) is 64.2 Å². The van der Waals surface area contributed by atoms with Gasteiger partial charge < -0.3 is 19.1 Å². The monoisotopic (exact) mass is 561 g/mol. The number of likely N-dealkylation sites (N-methyl/N-ethyl adjacent to an activating group) is 1. The van der Waals surface area contributed by atoms with Crippen molar-refractivity contribution in [3.8, 4) is 17.2 Å². The van der Waals surface area contributed by atoms with E-state index in [4.69, 9.17) is 19.2 Å². The van der Waals surface area contributed by atoms with Gasteiger partial charge in [0.25, 0.3) is 11.5 Å². The topological polar surface area (TPSA) is 82.4 Å². The molecule has 0 radical (unpaired) electrons. The summed E-state index contributed by atoms with van der Waals surface area (Å²) in [7, 11) is 1.59. The molecule has 0 bridgehead atoms. The van der Waals surface area contributed by atoms with Gasteiger partial charge in [0.15, 0.2) is 16.3 Å². The number of nitrogens with zero attached hydrogens (tertiary/aromatic N) is 3. The van der Waals surface area contributed by atoms with Crippen LogP contribution in [0.1, 0.15) is 44.9 Å². The van der Waals surface area contributed by atoms with E-state index in [-0.39, 0.29) is 11.5 Å². The van der Waals surface area contributed by atoms with Crippen LogP contribution >= 0.6 is 11.3 Å². The van der Waals surface area contributed by atoms with E-state index in [1.165, 1.54) is 11.3 Å². The molecule has 0 N–H and O–H groups in total. The first-order chi connectivity index (χ1) is 19.4. The van der Waals surface area contributed by atoms with Gasteiger partial charge in [0.2, 0.25) is 0 Å². The minimum atomic E-state index is -0.684. The van der Waals surface area contributed by atoms with Gasteiger partial charge in [-0.25, -0.2) is 4.99 Å². The third kappa shape index (κ3) is 5.60. The maximum Gasteiger partial charge on any atom is 0.271 e. The van der Waals surface area contributed by atoms with Gasteiger partial charge in [-0.3, -0.25) is 14.2 Å². The number of rotatable bonds is 11. The Labute approximate surface area is 238 Å². The fourth-order valence-electron chi connectivity index (χ4n) is 4.76. The van der Waals surface area contributed by atoms with Crippen molar-refractivity contribution in [1.29, 1.82) is 0 Å². The van der Waals surface area contributed by atoms with Crippen LogP contribution < -0.4 is 29.1 Å². The molecule has 1 aliphatic heterocycles. The predicted molar refractivity (Wildman–Crippen MR) is 158 cm³/mol. The number of para-hydroxylation sites is 1. The van der Waals surface area contributed by atoms with Crippen LogP contribution in [-0.4, -0.2) is 48.8 Å². The highest BCUT2D eigenvalue weighted by molar-refractivity contribution is 7.07. The summed E-state index contributed by atoms with van der Waals surface area (Å²) in [6.07, 6.45) is 3.48. The molecule has 1 aliphatic rings. The lowest BCUT2D eigenvalue weighted by atomic mass is 9.94. The zero-order valence-corrected chi connectivity index (χ0v) is 24.4. The number of thiazole rings is 1. The SMILES string of the molecule is C=CCOc1ccc(/C=c2/sc3n(c2=O)[C@H](c2ccccc2OC)C(C(=O)N(CC)CC)=C(C)N=3)cc1OCC. The Morgan fingerprint density at radius 2 is 1.85 bits per heavy atom. The fourth-order valence-corrected chi connectivity index (χ4v) is 5.81. The molecule has 0 saturated carbocycles. The van der Waals surface area contributed by atoms with Crippen molar-refractivity contribution >= 4 is 23.3 Å². The van der Waals surface area contributed by atoms with Crippen LogP contribution in [0.25, 0.3) is 6.08 Å². The maximum absolute atomic E-state index is 14.0. The van der Waals surface area contributed by atoms with Gasteiger partial charge in [0.1, 0.15) is 18.4 Å². The molecular formula is C31H35N3O5S. The fraction of sp³-hybridized carbons (Fsp3) is 0.323. The second-order valence-corrected chi connectivity index (χ2v) is 10.0. The van der Waals surface area contributed by atoms with E-state index in [2.05, 4.69) is 6.58 Å². The van der Waals surface area contributed by atoms with Gasteiger partial charge >= 0.3 is 0 Å². The van der Waals surface area contributed by atoms with E-state index < -0.39 is 6.04 Å². The molecule has 2 heterocycles. The third-order valence-electron chi connectivity index (χ3n) is 6.66. The molecule has 210 valence electrons. The van der Waals surface area contributed by atoms with Gasteiger partial charge in [0.05, 0.1) is 29.5 Å². The number of ether oxygens (including phenoxy) is 3. The van der Waals surface area contributed by atoms with E-state index in [9.17, 15) is 9.59 Å². The molecule has 0 saturated heterocycles. The van der Waals surface area contributed by atoms with Crippen molar-refractivity contribution in [3.05, 3.63) is 97.2 Å². The van der Waals surface area contributed by atoms with Crippen molar-refractivity contribution in [2.75, 3.05) is 33.4 Å². The molecule has 2 aromatic carbocycles. The highest BCUT2D eigenvalue weighted by atomic mass is 32.1. The minimum Gasteiger partial charge on any atom is -0.496 e. The van der Waals surface area contributed by atoms with E-state index >= 15 is 0 Å². The molecule has 9 heteroatoms. The van der Waals surface area contributed by atoms with E-state index in [1.54, 1.807) is 22.7 Å². The van der Waals surface area contributed by atoms with Crippen LogP contribution in [0.5, 0.6) is 17.2 Å². The average molecular weight is 562 g/mol. The Balaban J connectivity index is 1.92.